The minimum Gasteiger partial charge on any atom is -0.335 e. The highest BCUT2D eigenvalue weighted by Crippen LogP contribution is 2.30. The van der Waals surface area contributed by atoms with E-state index >= 15 is 0 Å². The second kappa shape index (κ2) is 7.75. The molecule has 5 heteroatoms. The van der Waals surface area contributed by atoms with Crippen LogP contribution in [0.1, 0.15) is 23.7 Å². The summed E-state index contributed by atoms with van der Waals surface area (Å²) in [6.45, 7) is 5.25. The number of rotatable bonds is 4. The Labute approximate surface area is 166 Å². The number of carbonyl (C=O) groups excluding carboxylic acids is 1. The summed E-state index contributed by atoms with van der Waals surface area (Å²) in [5.41, 5.74) is 11.9. The highest BCUT2D eigenvalue weighted by atomic mass is 35.5. The molecular formula is C22H26ClN3O. The lowest BCUT2D eigenvalue weighted by Crippen LogP contribution is -2.32. The molecule has 0 spiro atoms. The van der Waals surface area contributed by atoms with E-state index in [4.69, 9.17) is 5.73 Å². The predicted molar refractivity (Wildman–Crippen MR) is 114 cm³/mol. The molecule has 0 radical (unpaired) electrons. The van der Waals surface area contributed by atoms with E-state index in [1.807, 2.05) is 36.1 Å². The summed E-state index contributed by atoms with van der Waals surface area (Å²) >= 11 is 0. The lowest BCUT2D eigenvalue weighted by molar-refractivity contribution is -0.119. The zero-order valence-corrected chi connectivity index (χ0v) is 16.6. The maximum absolute atomic E-state index is 13.1. The summed E-state index contributed by atoms with van der Waals surface area (Å²) in [6, 6.07) is 16.6. The van der Waals surface area contributed by atoms with Gasteiger partial charge in [0.05, 0.1) is 0 Å². The van der Waals surface area contributed by atoms with Crippen molar-refractivity contribution in [2.24, 2.45) is 5.73 Å². The number of hydrogen-bond acceptors (Lipinski definition) is 2. The molecule has 2 heterocycles. The Morgan fingerprint density at radius 3 is 2.63 bits per heavy atom. The van der Waals surface area contributed by atoms with Gasteiger partial charge in [-0.15, -0.1) is 12.4 Å². The van der Waals surface area contributed by atoms with Crippen molar-refractivity contribution in [2.75, 3.05) is 11.4 Å². The van der Waals surface area contributed by atoms with Crippen LogP contribution >= 0.6 is 12.4 Å². The zero-order valence-electron chi connectivity index (χ0n) is 15.8. The van der Waals surface area contributed by atoms with Gasteiger partial charge in [-0.25, -0.2) is 0 Å². The van der Waals surface area contributed by atoms with Crippen molar-refractivity contribution >= 4 is 34.9 Å². The molecular weight excluding hydrogens is 358 g/mol. The molecule has 2 N–H and O–H groups in total. The number of nitrogens with two attached hydrogens (primary N) is 1. The van der Waals surface area contributed by atoms with E-state index < -0.39 is 0 Å². The van der Waals surface area contributed by atoms with Crippen LogP contribution < -0.4 is 10.6 Å². The molecule has 0 saturated heterocycles. The second-order valence-corrected chi connectivity index (χ2v) is 7.27. The van der Waals surface area contributed by atoms with Crippen molar-refractivity contribution in [3.05, 3.63) is 65.4 Å². The van der Waals surface area contributed by atoms with E-state index in [0.29, 0.717) is 6.54 Å². The van der Waals surface area contributed by atoms with Crippen molar-refractivity contribution in [2.45, 2.75) is 39.3 Å². The van der Waals surface area contributed by atoms with Gasteiger partial charge in [0, 0.05) is 34.9 Å². The molecule has 0 fully saturated rings. The number of halogens is 1. The van der Waals surface area contributed by atoms with Gasteiger partial charge in [0.2, 0.25) is 5.91 Å². The molecule has 0 saturated carbocycles. The third kappa shape index (κ3) is 3.47. The average molecular weight is 384 g/mol. The van der Waals surface area contributed by atoms with Crippen LogP contribution in [0.15, 0.2) is 48.5 Å². The third-order valence-corrected chi connectivity index (χ3v) is 5.37. The lowest BCUT2D eigenvalue weighted by atomic mass is 10.0. The van der Waals surface area contributed by atoms with Gasteiger partial charge in [-0.05, 0) is 49.9 Å². The van der Waals surface area contributed by atoms with Gasteiger partial charge in [0.15, 0.2) is 0 Å². The Hall–Kier alpha value is -2.30. The van der Waals surface area contributed by atoms with Gasteiger partial charge in [-0.2, -0.15) is 0 Å². The van der Waals surface area contributed by atoms with Crippen molar-refractivity contribution in [1.29, 1.82) is 0 Å². The molecule has 1 unspecified atom stereocenters. The molecule has 1 amide bonds. The number of benzene rings is 2. The van der Waals surface area contributed by atoms with Gasteiger partial charge in [0.1, 0.15) is 6.54 Å². The first kappa shape index (κ1) is 19.5. The van der Waals surface area contributed by atoms with Crippen LogP contribution in [0.3, 0.4) is 0 Å². The predicted octanol–water partition coefficient (Wildman–Crippen LogP) is 3.85. The summed E-state index contributed by atoms with van der Waals surface area (Å²) in [4.78, 5) is 15.0. The quantitative estimate of drug-likeness (QED) is 0.743. The standard InChI is InChI=1S/C22H25N3O.ClH/c1-15(23)13-19-16(2)25(21-10-6-4-8-18(19)21)14-22(26)24-12-11-17-7-3-5-9-20(17)24;/h3-10,15H,11-14,23H2,1-2H3;1H. The molecule has 27 heavy (non-hydrogen) atoms. The summed E-state index contributed by atoms with van der Waals surface area (Å²) in [7, 11) is 0. The highest BCUT2D eigenvalue weighted by Gasteiger charge is 2.25. The van der Waals surface area contributed by atoms with E-state index in [2.05, 4.69) is 35.8 Å². The molecule has 4 nitrogen and oxygen atoms in total. The third-order valence-electron chi connectivity index (χ3n) is 5.37. The topological polar surface area (TPSA) is 51.3 Å². The monoisotopic (exact) mass is 383 g/mol. The Morgan fingerprint density at radius 2 is 1.85 bits per heavy atom. The molecule has 1 aliphatic heterocycles. The van der Waals surface area contributed by atoms with Gasteiger partial charge in [-0.3, -0.25) is 4.79 Å². The Kier molecular flexibility index (Phi) is 5.59. The molecule has 3 aromatic rings. The second-order valence-electron chi connectivity index (χ2n) is 7.27. The van der Waals surface area contributed by atoms with Crippen LogP contribution in [0.4, 0.5) is 5.69 Å². The Balaban J connectivity index is 0.00000210. The molecule has 142 valence electrons. The van der Waals surface area contributed by atoms with Crippen molar-refractivity contribution in [1.82, 2.24) is 4.57 Å². The normalized spacial score (nSPS) is 14.1. The molecule has 1 aliphatic rings. The SMILES string of the molecule is Cc1c(CC(C)N)c2ccccc2n1CC(=O)N1CCc2ccccc21.Cl. The van der Waals surface area contributed by atoms with Crippen LogP contribution in [0, 0.1) is 6.92 Å². The van der Waals surface area contributed by atoms with Gasteiger partial charge in [0.25, 0.3) is 0 Å². The first-order valence-corrected chi connectivity index (χ1v) is 9.27. The number of para-hydroxylation sites is 2. The van der Waals surface area contributed by atoms with Crippen LogP contribution in [0.2, 0.25) is 0 Å². The zero-order chi connectivity index (χ0) is 18.3. The molecule has 0 bridgehead atoms. The smallest absolute Gasteiger partial charge is 0.246 e. The van der Waals surface area contributed by atoms with Crippen LogP contribution in [-0.4, -0.2) is 23.1 Å². The minimum absolute atomic E-state index is 0. The van der Waals surface area contributed by atoms with Crippen molar-refractivity contribution < 1.29 is 4.79 Å². The number of carbonyl (C=O) groups is 1. The highest BCUT2D eigenvalue weighted by molar-refractivity contribution is 5.96. The molecule has 2 aromatic carbocycles. The van der Waals surface area contributed by atoms with Crippen molar-refractivity contribution in [3.63, 3.8) is 0 Å². The van der Waals surface area contributed by atoms with E-state index in [-0.39, 0.29) is 24.4 Å². The minimum atomic E-state index is 0. The van der Waals surface area contributed by atoms with Gasteiger partial charge < -0.3 is 15.2 Å². The first-order valence-electron chi connectivity index (χ1n) is 9.27. The number of amides is 1. The molecule has 0 aliphatic carbocycles. The van der Waals surface area contributed by atoms with E-state index in [9.17, 15) is 4.79 Å². The van der Waals surface area contributed by atoms with Crippen LogP contribution in [0.25, 0.3) is 10.9 Å². The number of fused-ring (bicyclic) bond motifs is 2. The summed E-state index contributed by atoms with van der Waals surface area (Å²) < 4.78 is 2.15. The summed E-state index contributed by atoms with van der Waals surface area (Å²) in [5, 5.41) is 1.21. The lowest BCUT2D eigenvalue weighted by Gasteiger charge is -2.19. The fourth-order valence-corrected chi connectivity index (χ4v) is 4.10. The van der Waals surface area contributed by atoms with Crippen LogP contribution in [0.5, 0.6) is 0 Å². The fourth-order valence-electron chi connectivity index (χ4n) is 4.10. The van der Waals surface area contributed by atoms with E-state index in [1.165, 1.54) is 16.5 Å². The van der Waals surface area contributed by atoms with Gasteiger partial charge in [-0.1, -0.05) is 36.4 Å². The molecule has 4 rings (SSSR count). The maximum atomic E-state index is 13.1. The first-order chi connectivity index (χ1) is 12.6. The van der Waals surface area contributed by atoms with Crippen molar-refractivity contribution in [3.8, 4) is 0 Å². The Morgan fingerprint density at radius 1 is 1.15 bits per heavy atom. The number of nitrogens with zero attached hydrogens (tertiary/aromatic N) is 2. The maximum Gasteiger partial charge on any atom is 0.246 e. The number of anilines is 1. The van der Waals surface area contributed by atoms with E-state index in [0.717, 1.165) is 36.3 Å². The number of hydrogen-bond donors (Lipinski definition) is 1. The summed E-state index contributed by atoms with van der Waals surface area (Å²) in [6.07, 6.45) is 1.75. The number of aromatic nitrogens is 1. The largest absolute Gasteiger partial charge is 0.335 e. The molecule has 1 aromatic heterocycles. The fraction of sp³-hybridized carbons (Fsp3) is 0.318. The van der Waals surface area contributed by atoms with Gasteiger partial charge >= 0.3 is 0 Å². The molecule has 1 atom stereocenters. The average Bonchev–Trinajstić information content (AvgIpc) is 3.17. The summed E-state index contributed by atoms with van der Waals surface area (Å²) in [5.74, 6) is 0.145. The Bertz CT molecular complexity index is 977. The van der Waals surface area contributed by atoms with Crippen LogP contribution in [-0.2, 0) is 24.2 Å². The van der Waals surface area contributed by atoms with E-state index in [1.54, 1.807) is 0 Å².